The van der Waals surface area contributed by atoms with Gasteiger partial charge in [0.1, 0.15) is 6.10 Å². The molecule has 0 saturated heterocycles. The number of allylic oxidation sites excluding steroid dienone is 2. The third kappa shape index (κ3) is 4.66. The van der Waals surface area contributed by atoms with E-state index in [9.17, 15) is 4.79 Å². The van der Waals surface area contributed by atoms with Gasteiger partial charge in [-0.25, -0.2) is 0 Å². The van der Waals surface area contributed by atoms with Crippen LogP contribution < -0.4 is 0 Å². The topological polar surface area (TPSA) is 26.3 Å². The van der Waals surface area contributed by atoms with Crippen LogP contribution in [0.2, 0.25) is 0 Å². The summed E-state index contributed by atoms with van der Waals surface area (Å²) in [6.07, 6.45) is 17.3. The van der Waals surface area contributed by atoms with Crippen LogP contribution >= 0.6 is 0 Å². The first-order valence-electron chi connectivity index (χ1n) is 14.8. The lowest BCUT2D eigenvalue weighted by Gasteiger charge is -2.61. The highest BCUT2D eigenvalue weighted by molar-refractivity contribution is 5.66. The van der Waals surface area contributed by atoms with Crippen molar-refractivity contribution >= 4 is 5.97 Å². The quantitative estimate of drug-likeness (QED) is 0.286. The molecule has 34 heavy (non-hydrogen) atoms. The van der Waals surface area contributed by atoms with Crippen molar-refractivity contribution < 1.29 is 9.53 Å². The molecule has 4 rings (SSSR count). The summed E-state index contributed by atoms with van der Waals surface area (Å²) in [5.41, 5.74) is 0.987. The van der Waals surface area contributed by atoms with Crippen LogP contribution in [-0.4, -0.2) is 12.1 Å². The Bertz CT molecular complexity index is 744. The molecule has 0 amide bonds. The highest BCUT2D eigenvalue weighted by atomic mass is 16.5. The van der Waals surface area contributed by atoms with E-state index in [0.29, 0.717) is 22.7 Å². The maximum absolute atomic E-state index is 11.5. The van der Waals surface area contributed by atoms with Gasteiger partial charge in [0, 0.05) is 6.92 Å². The standard InChI is InChI=1S/C32H54O2/c1-20(2)26(21(3)4)11-9-22(5)28-13-14-29-27-12-10-24-19-25(34-23(6)33)15-17-31(24,7)30(27)16-18-32(28,29)8/h9,11,20-22,24-30H,10,12-19H2,1-8H3/b11-9-/t22-,24+,25-,27+,28-,29+,30+,31+,32-/m1/s1. The van der Waals surface area contributed by atoms with Crippen LogP contribution in [0.4, 0.5) is 0 Å². The van der Waals surface area contributed by atoms with Crippen LogP contribution in [-0.2, 0) is 9.53 Å². The van der Waals surface area contributed by atoms with E-state index >= 15 is 0 Å². The fourth-order valence-corrected chi connectivity index (χ4v) is 10.1. The molecule has 0 unspecified atom stereocenters. The van der Waals surface area contributed by atoms with Gasteiger partial charge in [-0.3, -0.25) is 4.79 Å². The molecule has 0 aromatic carbocycles. The van der Waals surface area contributed by atoms with Crippen LogP contribution in [0, 0.1) is 64.1 Å². The molecule has 0 N–H and O–H groups in total. The summed E-state index contributed by atoms with van der Waals surface area (Å²) < 4.78 is 5.67. The average Bonchev–Trinajstić information content (AvgIpc) is 3.10. The summed E-state index contributed by atoms with van der Waals surface area (Å²) in [6, 6.07) is 0. The molecule has 4 saturated carbocycles. The Hall–Kier alpha value is -0.790. The van der Waals surface area contributed by atoms with Gasteiger partial charge in [-0.2, -0.15) is 0 Å². The SMILES string of the molecule is CC(=O)O[C@@H]1CC[C@@]2(C)[C@@H](CC[C@@H]3[C@@H]2CC[C@]2(C)[C@@H]([C@H](C)/C=C\C(C(C)C)C(C)C)CC[C@@H]32)C1. The van der Waals surface area contributed by atoms with Crippen molar-refractivity contribution in [1.82, 2.24) is 0 Å². The summed E-state index contributed by atoms with van der Waals surface area (Å²) in [7, 11) is 0. The van der Waals surface area contributed by atoms with Crippen LogP contribution in [0.5, 0.6) is 0 Å². The van der Waals surface area contributed by atoms with E-state index in [0.717, 1.165) is 54.3 Å². The number of carbonyl (C=O) groups excluding carboxylic acids is 1. The number of fused-ring (bicyclic) bond motifs is 5. The highest BCUT2D eigenvalue weighted by Crippen LogP contribution is 2.68. The second-order valence-electron chi connectivity index (χ2n) is 14.2. The predicted octanol–water partition coefficient (Wildman–Crippen LogP) is 8.70. The van der Waals surface area contributed by atoms with Crippen molar-refractivity contribution in [2.75, 3.05) is 0 Å². The average molecular weight is 471 g/mol. The zero-order valence-corrected chi connectivity index (χ0v) is 23.6. The molecular weight excluding hydrogens is 416 g/mol. The van der Waals surface area contributed by atoms with Crippen molar-refractivity contribution in [1.29, 1.82) is 0 Å². The molecule has 2 nitrogen and oxygen atoms in total. The molecule has 4 aliphatic carbocycles. The molecule has 9 atom stereocenters. The van der Waals surface area contributed by atoms with Crippen LogP contribution in [0.15, 0.2) is 12.2 Å². The summed E-state index contributed by atoms with van der Waals surface area (Å²) in [5.74, 6) is 7.06. The summed E-state index contributed by atoms with van der Waals surface area (Å²) in [5, 5.41) is 0. The number of hydrogen-bond acceptors (Lipinski definition) is 2. The first-order valence-corrected chi connectivity index (χ1v) is 14.8. The van der Waals surface area contributed by atoms with Gasteiger partial charge in [0.25, 0.3) is 0 Å². The second kappa shape index (κ2) is 9.93. The largest absolute Gasteiger partial charge is 0.463 e. The van der Waals surface area contributed by atoms with Gasteiger partial charge in [-0.05, 0) is 122 Å². The van der Waals surface area contributed by atoms with E-state index in [1.54, 1.807) is 6.92 Å². The number of hydrogen-bond donors (Lipinski definition) is 0. The molecular formula is C32H54O2. The maximum atomic E-state index is 11.5. The molecule has 4 fully saturated rings. The molecule has 0 spiro atoms. The number of esters is 1. The molecule has 0 aromatic heterocycles. The number of ether oxygens (including phenoxy) is 1. The summed E-state index contributed by atoms with van der Waals surface area (Å²) >= 11 is 0. The van der Waals surface area contributed by atoms with Gasteiger partial charge < -0.3 is 4.74 Å². The van der Waals surface area contributed by atoms with Crippen molar-refractivity contribution in [2.45, 2.75) is 119 Å². The predicted molar refractivity (Wildman–Crippen MR) is 142 cm³/mol. The fourth-order valence-electron chi connectivity index (χ4n) is 10.1. The normalized spacial score (nSPS) is 43.1. The minimum absolute atomic E-state index is 0.0935. The molecule has 2 heteroatoms. The zero-order chi connectivity index (χ0) is 24.8. The van der Waals surface area contributed by atoms with Gasteiger partial charge in [0.2, 0.25) is 0 Å². The fraction of sp³-hybridized carbons (Fsp3) is 0.906. The minimum Gasteiger partial charge on any atom is -0.463 e. The lowest BCUT2D eigenvalue weighted by Crippen LogP contribution is -2.54. The van der Waals surface area contributed by atoms with Crippen molar-refractivity contribution in [3.63, 3.8) is 0 Å². The van der Waals surface area contributed by atoms with Gasteiger partial charge in [-0.15, -0.1) is 0 Å². The van der Waals surface area contributed by atoms with Gasteiger partial charge >= 0.3 is 5.97 Å². The van der Waals surface area contributed by atoms with Crippen LogP contribution in [0.25, 0.3) is 0 Å². The Morgan fingerprint density at radius 3 is 2.12 bits per heavy atom. The minimum atomic E-state index is -0.0935. The van der Waals surface area contributed by atoms with Crippen LogP contribution in [0.1, 0.15) is 113 Å². The Morgan fingerprint density at radius 2 is 1.47 bits per heavy atom. The Morgan fingerprint density at radius 1 is 0.824 bits per heavy atom. The van der Waals surface area contributed by atoms with Crippen LogP contribution in [0.3, 0.4) is 0 Å². The lowest BCUT2D eigenvalue weighted by molar-refractivity contribution is -0.160. The van der Waals surface area contributed by atoms with Crippen molar-refractivity contribution in [2.24, 2.45) is 64.1 Å². The molecule has 0 radical (unpaired) electrons. The Kier molecular flexibility index (Phi) is 7.67. The zero-order valence-electron chi connectivity index (χ0n) is 23.6. The lowest BCUT2D eigenvalue weighted by atomic mass is 9.44. The van der Waals surface area contributed by atoms with Crippen molar-refractivity contribution in [3.8, 4) is 0 Å². The third-order valence-corrected chi connectivity index (χ3v) is 11.8. The molecule has 194 valence electrons. The van der Waals surface area contributed by atoms with Gasteiger partial charge in [0.05, 0.1) is 0 Å². The molecule has 4 aliphatic rings. The maximum Gasteiger partial charge on any atom is 0.302 e. The van der Waals surface area contributed by atoms with E-state index in [1.807, 2.05) is 0 Å². The van der Waals surface area contributed by atoms with E-state index in [-0.39, 0.29) is 12.1 Å². The first kappa shape index (κ1) is 26.3. The number of carbonyl (C=O) groups is 1. The first-order chi connectivity index (χ1) is 16.0. The molecule has 0 heterocycles. The van der Waals surface area contributed by atoms with Gasteiger partial charge in [-0.1, -0.05) is 60.6 Å². The monoisotopic (exact) mass is 470 g/mol. The molecule has 0 aromatic rings. The van der Waals surface area contributed by atoms with E-state index < -0.39 is 0 Å². The number of rotatable bonds is 6. The third-order valence-electron chi connectivity index (χ3n) is 11.8. The molecule has 0 aliphatic heterocycles. The molecule has 0 bridgehead atoms. The summed E-state index contributed by atoms with van der Waals surface area (Å²) in [4.78, 5) is 11.5. The Balaban J connectivity index is 1.46. The van der Waals surface area contributed by atoms with E-state index in [1.165, 1.54) is 44.9 Å². The summed E-state index contributed by atoms with van der Waals surface area (Å²) in [6.45, 7) is 18.9. The van der Waals surface area contributed by atoms with E-state index in [2.05, 4.69) is 60.6 Å². The second-order valence-corrected chi connectivity index (χ2v) is 14.2. The Labute approximate surface area is 211 Å². The van der Waals surface area contributed by atoms with Crippen molar-refractivity contribution in [3.05, 3.63) is 12.2 Å². The van der Waals surface area contributed by atoms with Gasteiger partial charge in [0.15, 0.2) is 0 Å². The van der Waals surface area contributed by atoms with E-state index in [4.69, 9.17) is 4.74 Å². The highest BCUT2D eigenvalue weighted by Gasteiger charge is 2.60. The smallest absolute Gasteiger partial charge is 0.302 e.